The number of carbonyl (C=O) groups excluding carboxylic acids is 1. The fourth-order valence-corrected chi connectivity index (χ4v) is 1.55. The van der Waals surface area contributed by atoms with Crippen LogP contribution < -0.4 is 5.32 Å². The summed E-state index contributed by atoms with van der Waals surface area (Å²) < 4.78 is 0. The molecule has 102 valence electrons. The first kappa shape index (κ1) is 13.8. The second-order valence-corrected chi connectivity index (χ2v) is 4.11. The number of rotatable bonds is 3. The fraction of sp³-hybridized carbons (Fsp3) is 0.214. The van der Waals surface area contributed by atoms with Crippen LogP contribution in [0.4, 0.5) is 5.69 Å². The Labute approximate surface area is 116 Å². The van der Waals surface area contributed by atoms with Gasteiger partial charge in [0, 0.05) is 17.7 Å². The molecule has 1 aromatic heterocycles. The van der Waals surface area contributed by atoms with Crippen molar-refractivity contribution in [3.05, 3.63) is 41.2 Å². The lowest BCUT2D eigenvalue weighted by Gasteiger charge is -2.05. The molecule has 0 saturated carbocycles. The zero-order valence-electron chi connectivity index (χ0n) is 11.0. The summed E-state index contributed by atoms with van der Waals surface area (Å²) in [6.07, 6.45) is 1.78. The van der Waals surface area contributed by atoms with Gasteiger partial charge in [-0.15, -0.1) is 0 Å². The molecule has 0 unspecified atom stereocenters. The first-order valence-corrected chi connectivity index (χ1v) is 6.08. The van der Waals surface area contributed by atoms with E-state index in [-0.39, 0.29) is 18.2 Å². The molecule has 0 atom stereocenters. The summed E-state index contributed by atoms with van der Waals surface area (Å²) in [5.41, 5.74) is 2.68. The van der Waals surface area contributed by atoms with Crippen LogP contribution in [0.5, 0.6) is 0 Å². The Bertz CT molecular complexity index is 654. The molecule has 0 saturated heterocycles. The van der Waals surface area contributed by atoms with Crippen molar-refractivity contribution >= 4 is 11.6 Å². The number of carbonyl (C=O) groups is 1. The third-order valence-corrected chi connectivity index (χ3v) is 2.60. The first-order chi connectivity index (χ1) is 9.70. The predicted molar refractivity (Wildman–Crippen MR) is 74.1 cm³/mol. The lowest BCUT2D eigenvalue weighted by molar-refractivity contribution is 0.102. The number of nitrogens with one attached hydrogen (secondary N) is 2. The molecule has 0 aliphatic carbocycles. The molecule has 0 fully saturated rings. The molecular weight excluding hydrogens is 256 g/mol. The molecule has 2 aromatic rings. The molecule has 1 aromatic carbocycles. The SMILES string of the molecule is Cc1ccc(NC(=O)c2cn[nH]n2)cc1C#CCCO. The van der Waals surface area contributed by atoms with Gasteiger partial charge in [0.15, 0.2) is 5.69 Å². The average Bonchev–Trinajstić information content (AvgIpc) is 2.96. The second-order valence-electron chi connectivity index (χ2n) is 4.11. The van der Waals surface area contributed by atoms with E-state index in [4.69, 9.17) is 5.11 Å². The number of aliphatic hydroxyl groups is 1. The van der Waals surface area contributed by atoms with E-state index in [1.54, 1.807) is 12.1 Å². The smallest absolute Gasteiger partial charge is 0.277 e. The summed E-state index contributed by atoms with van der Waals surface area (Å²) >= 11 is 0. The summed E-state index contributed by atoms with van der Waals surface area (Å²) in [7, 11) is 0. The van der Waals surface area contributed by atoms with Crippen LogP contribution in [0, 0.1) is 18.8 Å². The van der Waals surface area contributed by atoms with Crippen molar-refractivity contribution in [2.24, 2.45) is 0 Å². The predicted octanol–water partition coefficient (Wildman–Crippen LogP) is 1.10. The van der Waals surface area contributed by atoms with Gasteiger partial charge in [0.1, 0.15) is 0 Å². The highest BCUT2D eigenvalue weighted by Gasteiger charge is 2.09. The van der Waals surface area contributed by atoms with Crippen molar-refractivity contribution in [2.75, 3.05) is 11.9 Å². The van der Waals surface area contributed by atoms with Crippen molar-refractivity contribution in [1.29, 1.82) is 0 Å². The molecule has 0 aliphatic rings. The fourth-order valence-electron chi connectivity index (χ4n) is 1.55. The van der Waals surface area contributed by atoms with Gasteiger partial charge in [0.2, 0.25) is 0 Å². The molecule has 1 heterocycles. The number of hydrogen-bond acceptors (Lipinski definition) is 4. The quantitative estimate of drug-likeness (QED) is 0.728. The Hall–Kier alpha value is -2.65. The maximum atomic E-state index is 11.8. The molecular formula is C14H14N4O2. The highest BCUT2D eigenvalue weighted by Crippen LogP contribution is 2.15. The Morgan fingerprint density at radius 1 is 1.50 bits per heavy atom. The number of aliphatic hydroxyl groups excluding tert-OH is 1. The third-order valence-electron chi connectivity index (χ3n) is 2.60. The summed E-state index contributed by atoms with van der Waals surface area (Å²) in [6, 6.07) is 5.46. The van der Waals surface area contributed by atoms with Crippen LogP contribution >= 0.6 is 0 Å². The van der Waals surface area contributed by atoms with Crippen molar-refractivity contribution in [3.63, 3.8) is 0 Å². The zero-order chi connectivity index (χ0) is 14.4. The average molecular weight is 270 g/mol. The molecule has 0 aliphatic heterocycles. The van der Waals surface area contributed by atoms with Gasteiger partial charge < -0.3 is 10.4 Å². The van der Waals surface area contributed by atoms with Gasteiger partial charge in [-0.05, 0) is 24.6 Å². The van der Waals surface area contributed by atoms with E-state index < -0.39 is 0 Å². The van der Waals surface area contributed by atoms with Crippen LogP contribution in [0.3, 0.4) is 0 Å². The van der Waals surface area contributed by atoms with E-state index >= 15 is 0 Å². The monoisotopic (exact) mass is 270 g/mol. The normalized spacial score (nSPS) is 9.70. The molecule has 6 heteroatoms. The van der Waals surface area contributed by atoms with E-state index in [0.717, 1.165) is 11.1 Å². The molecule has 0 bridgehead atoms. The number of aromatic amines is 1. The molecule has 6 nitrogen and oxygen atoms in total. The number of benzene rings is 1. The largest absolute Gasteiger partial charge is 0.395 e. The third kappa shape index (κ3) is 3.43. The molecule has 2 rings (SSSR count). The van der Waals surface area contributed by atoms with Gasteiger partial charge in [-0.25, -0.2) is 0 Å². The maximum absolute atomic E-state index is 11.8. The Morgan fingerprint density at radius 3 is 3.05 bits per heavy atom. The van der Waals surface area contributed by atoms with Gasteiger partial charge in [-0.1, -0.05) is 17.9 Å². The lowest BCUT2D eigenvalue weighted by Crippen LogP contribution is -2.12. The number of amides is 1. The maximum Gasteiger partial charge on any atom is 0.277 e. The molecule has 0 spiro atoms. The van der Waals surface area contributed by atoms with Crippen LogP contribution in [-0.4, -0.2) is 33.0 Å². The summed E-state index contributed by atoms with van der Waals surface area (Å²) in [5, 5.41) is 21.1. The molecule has 0 radical (unpaired) electrons. The summed E-state index contributed by atoms with van der Waals surface area (Å²) in [4.78, 5) is 11.8. The zero-order valence-corrected chi connectivity index (χ0v) is 11.0. The summed E-state index contributed by atoms with van der Waals surface area (Å²) in [6.45, 7) is 1.97. The lowest BCUT2D eigenvalue weighted by atomic mass is 10.1. The van der Waals surface area contributed by atoms with Crippen LogP contribution in [0.2, 0.25) is 0 Å². The Kier molecular flexibility index (Phi) is 4.47. The van der Waals surface area contributed by atoms with Crippen molar-refractivity contribution < 1.29 is 9.90 Å². The summed E-state index contributed by atoms with van der Waals surface area (Å²) in [5.74, 6) is 5.49. The van der Waals surface area contributed by atoms with Gasteiger partial charge >= 0.3 is 0 Å². The van der Waals surface area contributed by atoms with Gasteiger partial charge in [-0.3, -0.25) is 4.79 Å². The van der Waals surface area contributed by atoms with E-state index in [2.05, 4.69) is 32.6 Å². The van der Waals surface area contributed by atoms with Gasteiger partial charge in [-0.2, -0.15) is 15.4 Å². The number of nitrogens with zero attached hydrogens (tertiary/aromatic N) is 2. The minimum atomic E-state index is -0.336. The number of H-pyrrole nitrogens is 1. The minimum Gasteiger partial charge on any atom is -0.395 e. The second kappa shape index (κ2) is 6.50. The molecule has 1 amide bonds. The van der Waals surface area contributed by atoms with E-state index in [1.807, 2.05) is 13.0 Å². The minimum absolute atomic E-state index is 0.0363. The van der Waals surface area contributed by atoms with Crippen molar-refractivity contribution in [1.82, 2.24) is 15.4 Å². The molecule has 3 N–H and O–H groups in total. The number of hydrogen-bond donors (Lipinski definition) is 3. The Balaban J connectivity index is 2.15. The molecule has 20 heavy (non-hydrogen) atoms. The van der Waals surface area contributed by atoms with Gasteiger partial charge in [0.05, 0.1) is 12.8 Å². The van der Waals surface area contributed by atoms with Crippen molar-refractivity contribution in [3.8, 4) is 11.8 Å². The van der Waals surface area contributed by atoms with Gasteiger partial charge in [0.25, 0.3) is 5.91 Å². The van der Waals surface area contributed by atoms with Crippen molar-refractivity contribution in [2.45, 2.75) is 13.3 Å². The number of anilines is 1. The van der Waals surface area contributed by atoms with Crippen LogP contribution in [0.1, 0.15) is 28.0 Å². The van der Waals surface area contributed by atoms with Crippen LogP contribution in [0.15, 0.2) is 24.4 Å². The first-order valence-electron chi connectivity index (χ1n) is 6.08. The van der Waals surface area contributed by atoms with E-state index in [9.17, 15) is 4.79 Å². The van der Waals surface area contributed by atoms with Crippen LogP contribution in [0.25, 0.3) is 0 Å². The highest BCUT2D eigenvalue weighted by molar-refractivity contribution is 6.02. The number of aryl methyl sites for hydroxylation is 1. The Morgan fingerprint density at radius 2 is 2.35 bits per heavy atom. The number of aromatic nitrogens is 3. The topological polar surface area (TPSA) is 90.9 Å². The van der Waals surface area contributed by atoms with E-state index in [1.165, 1.54) is 6.20 Å². The highest BCUT2D eigenvalue weighted by atomic mass is 16.2. The van der Waals surface area contributed by atoms with E-state index in [0.29, 0.717) is 12.1 Å². The van der Waals surface area contributed by atoms with Crippen LogP contribution in [-0.2, 0) is 0 Å². The standard InChI is InChI=1S/C14H14N4O2/c1-10-5-6-12(8-11(10)4-2-3-7-19)16-14(20)13-9-15-18-17-13/h5-6,8-9,19H,3,7H2,1H3,(H,16,20)(H,15,17,18).